The third-order valence-corrected chi connectivity index (χ3v) is 7.60. The van der Waals surface area contributed by atoms with E-state index in [0.29, 0.717) is 21.8 Å². The van der Waals surface area contributed by atoms with Crippen molar-refractivity contribution in [3.63, 3.8) is 0 Å². The summed E-state index contributed by atoms with van der Waals surface area (Å²) in [6.07, 6.45) is 0. The lowest BCUT2D eigenvalue weighted by molar-refractivity contribution is 0.0943. The molecule has 28 heavy (non-hydrogen) atoms. The lowest BCUT2D eigenvalue weighted by Gasteiger charge is -2.13. The number of hydrazine groups is 1. The second kappa shape index (κ2) is 8.93. The first kappa shape index (κ1) is 19.2. The van der Waals surface area contributed by atoms with Crippen LogP contribution in [0.4, 0.5) is 0 Å². The Balaban J connectivity index is 1.23. The summed E-state index contributed by atoms with van der Waals surface area (Å²) in [5.41, 5.74) is 8.18. The summed E-state index contributed by atoms with van der Waals surface area (Å²) < 4.78 is 11.1. The molecule has 2 aromatic carbocycles. The van der Waals surface area contributed by atoms with Gasteiger partial charge in [0.25, 0.3) is 5.91 Å². The van der Waals surface area contributed by atoms with Crippen LogP contribution >= 0.6 is 35.7 Å². The first-order chi connectivity index (χ1) is 13.7. The summed E-state index contributed by atoms with van der Waals surface area (Å²) in [5.74, 6) is 3.60. The number of thioether (sulfide) groups is 2. The Morgan fingerprint density at radius 3 is 2.57 bits per heavy atom. The van der Waals surface area contributed by atoms with E-state index in [-0.39, 0.29) is 12.7 Å². The molecule has 1 saturated heterocycles. The number of hydrogen-bond acceptors (Lipinski definition) is 6. The summed E-state index contributed by atoms with van der Waals surface area (Å²) in [6.45, 7) is 0.751. The Hall–Kier alpha value is -2.10. The number of carbonyl (C=O) groups excluding carboxylic acids is 1. The Bertz CT molecular complexity index is 870. The van der Waals surface area contributed by atoms with Gasteiger partial charge in [-0.25, -0.2) is 0 Å². The Morgan fingerprint density at radius 2 is 1.79 bits per heavy atom. The monoisotopic (exact) mass is 433 g/mol. The highest BCUT2D eigenvalue weighted by atomic mass is 32.2. The molecule has 0 bridgehead atoms. The fraction of sp³-hybridized carbons (Fsp3) is 0.263. The molecule has 6 nitrogen and oxygen atoms in total. The summed E-state index contributed by atoms with van der Waals surface area (Å²) in [5, 5.41) is 3.38. The van der Waals surface area contributed by atoms with E-state index < -0.39 is 0 Å². The van der Waals surface area contributed by atoms with Gasteiger partial charge in [0.2, 0.25) is 6.79 Å². The standard InChI is InChI=1S/C19H19N3O3S3/c23-17(13-2-4-14(5-3-13)18-27-7-8-28-18)21-22-19(26)20-10-12-1-6-15-16(9-12)25-11-24-15/h1-6,9,18H,7-8,10-11H2,(H,21,23)(H2,20,22,26). The lowest BCUT2D eigenvalue weighted by atomic mass is 10.1. The smallest absolute Gasteiger partial charge is 0.269 e. The van der Waals surface area contributed by atoms with E-state index in [0.717, 1.165) is 17.1 Å². The van der Waals surface area contributed by atoms with Crippen LogP contribution in [0.1, 0.15) is 26.1 Å². The molecule has 0 aromatic heterocycles. The fourth-order valence-corrected chi connectivity index (χ4v) is 5.79. The van der Waals surface area contributed by atoms with Gasteiger partial charge in [0, 0.05) is 23.6 Å². The number of thiocarbonyl (C=S) groups is 1. The van der Waals surface area contributed by atoms with Crippen molar-refractivity contribution in [3.05, 3.63) is 59.2 Å². The maximum Gasteiger partial charge on any atom is 0.269 e. The SMILES string of the molecule is O=C(NNC(=S)NCc1ccc2c(c1)OCO2)c1ccc(C2SCCS2)cc1. The quantitative estimate of drug-likeness (QED) is 0.502. The molecule has 1 fully saturated rings. The zero-order chi connectivity index (χ0) is 19.3. The van der Waals surface area contributed by atoms with Crippen molar-refractivity contribution >= 4 is 46.8 Å². The van der Waals surface area contributed by atoms with Crippen LogP contribution in [0, 0.1) is 0 Å². The molecule has 0 spiro atoms. The number of hydrogen-bond donors (Lipinski definition) is 3. The minimum absolute atomic E-state index is 0.231. The van der Waals surface area contributed by atoms with Gasteiger partial charge in [-0.15, -0.1) is 23.5 Å². The number of amides is 1. The van der Waals surface area contributed by atoms with Crippen molar-refractivity contribution in [1.82, 2.24) is 16.2 Å². The summed E-state index contributed by atoms with van der Waals surface area (Å²) in [6, 6.07) is 13.4. The molecule has 1 amide bonds. The van der Waals surface area contributed by atoms with E-state index in [1.54, 1.807) is 0 Å². The van der Waals surface area contributed by atoms with Crippen molar-refractivity contribution in [1.29, 1.82) is 0 Å². The minimum atomic E-state index is -0.231. The van der Waals surface area contributed by atoms with Gasteiger partial charge in [-0.2, -0.15) is 0 Å². The molecule has 0 atom stereocenters. The zero-order valence-electron chi connectivity index (χ0n) is 14.9. The van der Waals surface area contributed by atoms with E-state index in [9.17, 15) is 4.79 Å². The van der Waals surface area contributed by atoms with E-state index in [4.69, 9.17) is 21.7 Å². The molecule has 9 heteroatoms. The first-order valence-corrected chi connectivity index (χ1v) is 11.3. The average Bonchev–Trinajstić information content (AvgIpc) is 3.42. The maximum atomic E-state index is 12.3. The van der Waals surface area contributed by atoms with Crippen LogP contribution in [0.15, 0.2) is 42.5 Å². The molecule has 0 radical (unpaired) electrons. The number of benzene rings is 2. The predicted molar refractivity (Wildman–Crippen MR) is 117 cm³/mol. The molecular weight excluding hydrogens is 414 g/mol. The molecule has 4 rings (SSSR count). The van der Waals surface area contributed by atoms with E-state index in [1.165, 1.54) is 17.1 Å². The Morgan fingerprint density at radius 1 is 1.04 bits per heavy atom. The number of rotatable bonds is 4. The molecule has 146 valence electrons. The first-order valence-electron chi connectivity index (χ1n) is 8.75. The van der Waals surface area contributed by atoms with Crippen LogP contribution in [0.25, 0.3) is 0 Å². The zero-order valence-corrected chi connectivity index (χ0v) is 17.3. The molecule has 2 aliphatic rings. The van der Waals surface area contributed by atoms with Crippen LogP contribution in [-0.2, 0) is 6.54 Å². The Kier molecular flexibility index (Phi) is 6.13. The highest BCUT2D eigenvalue weighted by Crippen LogP contribution is 2.45. The summed E-state index contributed by atoms with van der Waals surface area (Å²) in [4.78, 5) is 12.3. The number of fused-ring (bicyclic) bond motifs is 1. The summed E-state index contributed by atoms with van der Waals surface area (Å²) in [7, 11) is 0. The highest BCUT2D eigenvalue weighted by Gasteiger charge is 2.18. The van der Waals surface area contributed by atoms with Crippen molar-refractivity contribution in [2.24, 2.45) is 0 Å². The van der Waals surface area contributed by atoms with Crippen molar-refractivity contribution in [3.8, 4) is 11.5 Å². The van der Waals surface area contributed by atoms with Crippen LogP contribution < -0.4 is 25.6 Å². The van der Waals surface area contributed by atoms with E-state index >= 15 is 0 Å². The van der Waals surface area contributed by atoms with Crippen LogP contribution in [0.5, 0.6) is 11.5 Å². The van der Waals surface area contributed by atoms with Crippen molar-refractivity contribution in [2.75, 3.05) is 18.3 Å². The highest BCUT2D eigenvalue weighted by molar-refractivity contribution is 8.19. The van der Waals surface area contributed by atoms with Gasteiger partial charge in [0.05, 0.1) is 4.58 Å². The molecule has 2 heterocycles. The number of nitrogens with one attached hydrogen (secondary N) is 3. The predicted octanol–water partition coefficient (Wildman–Crippen LogP) is 3.20. The van der Waals surface area contributed by atoms with Gasteiger partial charge >= 0.3 is 0 Å². The van der Waals surface area contributed by atoms with Crippen LogP contribution in [-0.4, -0.2) is 29.3 Å². The van der Waals surface area contributed by atoms with Gasteiger partial charge in [-0.05, 0) is 47.6 Å². The van der Waals surface area contributed by atoms with E-state index in [1.807, 2.05) is 66.0 Å². The molecule has 0 unspecified atom stereocenters. The largest absolute Gasteiger partial charge is 0.454 e. The number of ether oxygens (including phenoxy) is 2. The molecular formula is C19H19N3O3S3. The van der Waals surface area contributed by atoms with Gasteiger partial charge < -0.3 is 14.8 Å². The normalized spacial score (nSPS) is 15.3. The van der Waals surface area contributed by atoms with Gasteiger partial charge in [-0.3, -0.25) is 15.6 Å². The number of carbonyl (C=O) groups is 1. The molecule has 2 aromatic rings. The molecule has 0 saturated carbocycles. The van der Waals surface area contributed by atoms with Gasteiger partial charge in [0.15, 0.2) is 16.6 Å². The third-order valence-electron chi connectivity index (χ3n) is 4.25. The van der Waals surface area contributed by atoms with Crippen molar-refractivity contribution < 1.29 is 14.3 Å². The molecule has 2 aliphatic heterocycles. The second-order valence-corrected chi connectivity index (χ2v) is 9.28. The lowest BCUT2D eigenvalue weighted by Crippen LogP contribution is -2.46. The third kappa shape index (κ3) is 4.65. The van der Waals surface area contributed by atoms with Gasteiger partial charge in [0.1, 0.15) is 0 Å². The minimum Gasteiger partial charge on any atom is -0.454 e. The second-order valence-electron chi connectivity index (χ2n) is 6.14. The molecule has 0 aliphatic carbocycles. The van der Waals surface area contributed by atoms with E-state index in [2.05, 4.69) is 16.2 Å². The van der Waals surface area contributed by atoms with Crippen LogP contribution in [0.2, 0.25) is 0 Å². The van der Waals surface area contributed by atoms with Crippen LogP contribution in [0.3, 0.4) is 0 Å². The molecule has 3 N–H and O–H groups in total. The maximum absolute atomic E-state index is 12.3. The topological polar surface area (TPSA) is 71.6 Å². The fourth-order valence-electron chi connectivity index (χ4n) is 2.81. The van der Waals surface area contributed by atoms with Gasteiger partial charge in [-0.1, -0.05) is 18.2 Å². The van der Waals surface area contributed by atoms with Crippen molar-refractivity contribution in [2.45, 2.75) is 11.1 Å². The summed E-state index contributed by atoms with van der Waals surface area (Å²) >= 11 is 9.10. The average molecular weight is 434 g/mol. The Labute approximate surface area is 177 Å².